The quantitative estimate of drug-likeness (QED) is 0.552. The van der Waals surface area contributed by atoms with Gasteiger partial charge in [0.05, 0.1) is 11.4 Å². The molecule has 8 heteroatoms. The van der Waals surface area contributed by atoms with Crippen LogP contribution in [-0.4, -0.2) is 77.8 Å². The van der Waals surface area contributed by atoms with Crippen LogP contribution >= 0.6 is 0 Å². The van der Waals surface area contributed by atoms with Gasteiger partial charge in [0, 0.05) is 51.0 Å². The van der Waals surface area contributed by atoms with Crippen LogP contribution in [0.2, 0.25) is 0 Å². The lowest BCUT2D eigenvalue weighted by Gasteiger charge is -2.26. The Labute approximate surface area is 192 Å². The molecule has 0 amide bonds. The van der Waals surface area contributed by atoms with E-state index in [-0.39, 0.29) is 23.3 Å². The lowest BCUT2D eigenvalue weighted by molar-refractivity contribution is 0.0988. The molecule has 1 aliphatic rings. The summed E-state index contributed by atoms with van der Waals surface area (Å²) in [4.78, 5) is 17.1. The molecule has 1 heterocycles. The average molecular weight is 459 g/mol. The van der Waals surface area contributed by atoms with Crippen LogP contribution in [-0.2, 0) is 10.0 Å². The summed E-state index contributed by atoms with van der Waals surface area (Å²) in [6.07, 6.45) is 1.76. The van der Waals surface area contributed by atoms with Crippen LogP contribution in [0.3, 0.4) is 0 Å². The van der Waals surface area contributed by atoms with Crippen molar-refractivity contribution in [2.24, 2.45) is 0 Å². The molecule has 1 saturated heterocycles. The largest absolute Gasteiger partial charge is 0.378 e. The number of ketones is 1. The molecule has 0 aromatic heterocycles. The van der Waals surface area contributed by atoms with E-state index in [1.54, 1.807) is 18.2 Å². The van der Waals surface area contributed by atoms with Crippen molar-refractivity contribution in [2.75, 3.05) is 59.3 Å². The van der Waals surface area contributed by atoms with E-state index >= 15 is 0 Å². The highest BCUT2D eigenvalue weighted by Gasteiger charge is 2.27. The van der Waals surface area contributed by atoms with Gasteiger partial charge in [0.25, 0.3) is 0 Å². The maximum atomic E-state index is 12.8. The fraction of sp³-hybridized carbons (Fsp3) is 0.458. The summed E-state index contributed by atoms with van der Waals surface area (Å²) >= 11 is 0. The van der Waals surface area contributed by atoms with Crippen molar-refractivity contribution in [2.45, 2.75) is 23.8 Å². The molecule has 0 radical (unpaired) electrons. The normalized spacial score (nSPS) is 15.8. The standard InChI is InChI=1S/C24H34N4O3S/c1-26(2)21-12-10-19(11-13-21)23(27(3)4)17-25-18-24(29)20-8-7-9-22(16-20)32(30,31)28-14-5-6-15-28/h7-13,16,23,25H,5-6,14-15,17-18H2,1-4H3. The summed E-state index contributed by atoms with van der Waals surface area (Å²) in [5.74, 6) is -0.121. The number of benzene rings is 2. The molecule has 32 heavy (non-hydrogen) atoms. The molecule has 1 aliphatic heterocycles. The predicted octanol–water partition coefficient (Wildman–Crippen LogP) is 2.61. The van der Waals surface area contributed by atoms with Crippen molar-refractivity contribution in [1.29, 1.82) is 0 Å². The summed E-state index contributed by atoms with van der Waals surface area (Å²) in [6.45, 7) is 1.84. The number of hydrogen-bond donors (Lipinski definition) is 1. The Kier molecular flexibility index (Phi) is 8.05. The van der Waals surface area contributed by atoms with E-state index < -0.39 is 10.0 Å². The van der Waals surface area contributed by atoms with Gasteiger partial charge in [-0.25, -0.2) is 8.42 Å². The average Bonchev–Trinajstić information content (AvgIpc) is 3.32. The highest BCUT2D eigenvalue weighted by atomic mass is 32.2. The Hall–Kier alpha value is -2.26. The summed E-state index contributed by atoms with van der Waals surface area (Å²) in [5.41, 5.74) is 2.71. The van der Waals surface area contributed by atoms with Gasteiger partial charge in [0.15, 0.2) is 5.78 Å². The van der Waals surface area contributed by atoms with Crippen molar-refractivity contribution in [3.63, 3.8) is 0 Å². The Balaban J connectivity index is 1.63. The molecule has 1 N–H and O–H groups in total. The molecular weight excluding hydrogens is 424 g/mol. The van der Waals surface area contributed by atoms with Crippen molar-refractivity contribution >= 4 is 21.5 Å². The van der Waals surface area contributed by atoms with Gasteiger partial charge in [0.2, 0.25) is 10.0 Å². The minimum Gasteiger partial charge on any atom is -0.378 e. The first kappa shape index (κ1) is 24.4. The second-order valence-electron chi connectivity index (χ2n) is 8.66. The number of Topliss-reactive ketones (excluding diaryl/α,β-unsaturated/α-hetero) is 1. The maximum absolute atomic E-state index is 12.8. The predicted molar refractivity (Wildman–Crippen MR) is 129 cm³/mol. The van der Waals surface area contributed by atoms with E-state index in [4.69, 9.17) is 0 Å². The van der Waals surface area contributed by atoms with E-state index in [1.165, 1.54) is 15.9 Å². The highest BCUT2D eigenvalue weighted by Crippen LogP contribution is 2.23. The lowest BCUT2D eigenvalue weighted by Crippen LogP contribution is -2.34. The van der Waals surface area contributed by atoms with E-state index in [0.717, 1.165) is 18.5 Å². The number of hydrogen-bond acceptors (Lipinski definition) is 6. The van der Waals surface area contributed by atoms with Gasteiger partial charge in [0.1, 0.15) is 0 Å². The number of anilines is 1. The second kappa shape index (κ2) is 10.6. The zero-order valence-corrected chi connectivity index (χ0v) is 20.2. The second-order valence-corrected chi connectivity index (χ2v) is 10.6. The molecule has 0 spiro atoms. The maximum Gasteiger partial charge on any atom is 0.243 e. The van der Waals surface area contributed by atoms with Gasteiger partial charge in [-0.05, 0) is 56.8 Å². The van der Waals surface area contributed by atoms with Crippen molar-refractivity contribution in [3.8, 4) is 0 Å². The van der Waals surface area contributed by atoms with Crippen LogP contribution in [0.25, 0.3) is 0 Å². The fourth-order valence-corrected chi connectivity index (χ4v) is 5.49. The van der Waals surface area contributed by atoms with E-state index in [1.807, 2.05) is 28.2 Å². The van der Waals surface area contributed by atoms with Crippen molar-refractivity contribution in [3.05, 3.63) is 59.7 Å². The van der Waals surface area contributed by atoms with Crippen LogP contribution < -0.4 is 10.2 Å². The summed E-state index contributed by atoms with van der Waals surface area (Å²) in [6, 6.07) is 14.9. The van der Waals surface area contributed by atoms with Crippen molar-refractivity contribution < 1.29 is 13.2 Å². The Morgan fingerprint density at radius 1 is 1.03 bits per heavy atom. The first-order valence-electron chi connectivity index (χ1n) is 11.0. The molecule has 7 nitrogen and oxygen atoms in total. The monoisotopic (exact) mass is 458 g/mol. The molecule has 2 aromatic rings. The van der Waals surface area contributed by atoms with Gasteiger partial charge in [-0.2, -0.15) is 4.31 Å². The topological polar surface area (TPSA) is 73.0 Å². The van der Waals surface area contributed by atoms with Gasteiger partial charge >= 0.3 is 0 Å². The Morgan fingerprint density at radius 3 is 2.28 bits per heavy atom. The molecule has 174 valence electrons. The molecule has 3 rings (SSSR count). The van der Waals surface area contributed by atoms with Crippen LogP contribution in [0.5, 0.6) is 0 Å². The number of sulfonamides is 1. The van der Waals surface area contributed by atoms with Gasteiger partial charge in [-0.3, -0.25) is 4.79 Å². The zero-order valence-electron chi connectivity index (χ0n) is 19.4. The third kappa shape index (κ3) is 5.75. The third-order valence-electron chi connectivity index (χ3n) is 5.90. The number of carbonyl (C=O) groups is 1. The molecule has 0 saturated carbocycles. The van der Waals surface area contributed by atoms with E-state index in [9.17, 15) is 13.2 Å². The third-order valence-corrected chi connectivity index (χ3v) is 7.79. The van der Waals surface area contributed by atoms with Gasteiger partial charge < -0.3 is 15.1 Å². The molecule has 1 atom stereocenters. The molecule has 0 aliphatic carbocycles. The van der Waals surface area contributed by atoms with E-state index in [2.05, 4.69) is 39.4 Å². The van der Waals surface area contributed by atoms with Crippen LogP contribution in [0, 0.1) is 0 Å². The van der Waals surface area contributed by atoms with Crippen molar-refractivity contribution in [1.82, 2.24) is 14.5 Å². The fourth-order valence-electron chi connectivity index (χ4n) is 3.93. The zero-order chi connectivity index (χ0) is 23.3. The molecule has 0 bridgehead atoms. The number of likely N-dealkylation sites (N-methyl/N-ethyl adjacent to an activating group) is 1. The summed E-state index contributed by atoms with van der Waals surface area (Å²) in [5, 5.41) is 3.25. The van der Waals surface area contributed by atoms with Crippen LogP contribution in [0.1, 0.15) is 34.8 Å². The molecule has 2 aromatic carbocycles. The first-order chi connectivity index (χ1) is 15.2. The number of carbonyl (C=O) groups excluding carboxylic acids is 1. The Bertz CT molecular complexity index is 1010. The number of nitrogens with one attached hydrogen (secondary N) is 1. The Morgan fingerprint density at radius 2 is 1.69 bits per heavy atom. The first-order valence-corrected chi connectivity index (χ1v) is 12.4. The molecular formula is C24H34N4O3S. The van der Waals surface area contributed by atoms with E-state index in [0.29, 0.717) is 25.2 Å². The lowest BCUT2D eigenvalue weighted by atomic mass is 10.0. The smallest absolute Gasteiger partial charge is 0.243 e. The van der Waals surface area contributed by atoms with Gasteiger partial charge in [-0.1, -0.05) is 24.3 Å². The van der Waals surface area contributed by atoms with Gasteiger partial charge in [-0.15, -0.1) is 0 Å². The molecule has 1 fully saturated rings. The van der Waals surface area contributed by atoms with Crippen LogP contribution in [0.4, 0.5) is 5.69 Å². The number of nitrogens with zero attached hydrogens (tertiary/aromatic N) is 3. The SMILES string of the molecule is CN(C)c1ccc(C(CNCC(=O)c2cccc(S(=O)(=O)N3CCCC3)c2)N(C)C)cc1. The summed E-state index contributed by atoms with van der Waals surface area (Å²) in [7, 11) is 4.52. The number of rotatable bonds is 10. The van der Waals surface area contributed by atoms with Crippen LogP contribution in [0.15, 0.2) is 53.4 Å². The summed E-state index contributed by atoms with van der Waals surface area (Å²) < 4.78 is 27.1. The molecule has 1 unspecified atom stereocenters. The minimum absolute atomic E-state index is 0.112. The minimum atomic E-state index is -3.54. The highest BCUT2D eigenvalue weighted by molar-refractivity contribution is 7.89.